The summed E-state index contributed by atoms with van der Waals surface area (Å²) < 4.78 is 5.56. The Morgan fingerprint density at radius 1 is 1.25 bits per heavy atom. The Balaban J connectivity index is 1.83. The number of carbonyl (C=O) groups excluding carboxylic acids is 1. The Morgan fingerprint density at radius 2 is 2.00 bits per heavy atom. The van der Waals surface area contributed by atoms with Crippen molar-refractivity contribution in [2.24, 2.45) is 5.41 Å². The minimum atomic E-state index is -0.0274. The van der Waals surface area contributed by atoms with Gasteiger partial charge in [0.1, 0.15) is 5.76 Å². The van der Waals surface area contributed by atoms with Crippen molar-refractivity contribution in [1.82, 2.24) is 5.32 Å². The van der Waals surface area contributed by atoms with E-state index in [-0.39, 0.29) is 17.4 Å². The van der Waals surface area contributed by atoms with Crippen LogP contribution in [0.5, 0.6) is 0 Å². The SMILES string of the molecule is CC1(C)Cc2occc2[C@H](NC(=O)c2ccccc2)C1. The summed E-state index contributed by atoms with van der Waals surface area (Å²) in [4.78, 5) is 12.3. The van der Waals surface area contributed by atoms with Crippen molar-refractivity contribution < 1.29 is 9.21 Å². The quantitative estimate of drug-likeness (QED) is 0.902. The third-order valence-corrected chi connectivity index (χ3v) is 3.89. The molecular weight excluding hydrogens is 250 g/mol. The van der Waals surface area contributed by atoms with Gasteiger partial charge in [-0.1, -0.05) is 32.0 Å². The van der Waals surface area contributed by atoms with Gasteiger partial charge in [-0.15, -0.1) is 0 Å². The molecule has 1 aromatic carbocycles. The van der Waals surface area contributed by atoms with E-state index in [2.05, 4.69) is 19.2 Å². The Hall–Kier alpha value is -2.03. The molecule has 1 aliphatic rings. The second kappa shape index (κ2) is 4.82. The average Bonchev–Trinajstić information content (AvgIpc) is 2.86. The predicted molar refractivity (Wildman–Crippen MR) is 77.5 cm³/mol. The van der Waals surface area contributed by atoms with Crippen LogP contribution in [0.4, 0.5) is 0 Å². The van der Waals surface area contributed by atoms with Crippen molar-refractivity contribution in [3.05, 3.63) is 59.5 Å². The molecule has 0 aliphatic heterocycles. The van der Waals surface area contributed by atoms with Crippen LogP contribution in [0.3, 0.4) is 0 Å². The lowest BCUT2D eigenvalue weighted by molar-refractivity contribution is 0.0917. The van der Waals surface area contributed by atoms with Gasteiger partial charge in [0.25, 0.3) is 5.91 Å². The lowest BCUT2D eigenvalue weighted by Crippen LogP contribution is -2.36. The molecule has 1 amide bonds. The van der Waals surface area contributed by atoms with Crippen molar-refractivity contribution in [1.29, 1.82) is 0 Å². The molecule has 3 rings (SSSR count). The molecule has 1 aromatic heterocycles. The van der Waals surface area contributed by atoms with E-state index in [1.807, 2.05) is 36.4 Å². The minimum Gasteiger partial charge on any atom is -0.469 e. The zero-order chi connectivity index (χ0) is 14.2. The van der Waals surface area contributed by atoms with Crippen LogP contribution in [0.15, 0.2) is 47.1 Å². The van der Waals surface area contributed by atoms with Crippen molar-refractivity contribution in [3.63, 3.8) is 0 Å². The van der Waals surface area contributed by atoms with E-state index >= 15 is 0 Å². The summed E-state index contributed by atoms with van der Waals surface area (Å²) >= 11 is 0. The van der Waals surface area contributed by atoms with E-state index < -0.39 is 0 Å². The summed E-state index contributed by atoms with van der Waals surface area (Å²) in [6.07, 6.45) is 3.57. The number of furan rings is 1. The lowest BCUT2D eigenvalue weighted by Gasteiger charge is -2.34. The number of nitrogens with one attached hydrogen (secondary N) is 1. The van der Waals surface area contributed by atoms with E-state index in [4.69, 9.17) is 4.42 Å². The maximum Gasteiger partial charge on any atom is 0.251 e. The van der Waals surface area contributed by atoms with Crippen LogP contribution in [0.25, 0.3) is 0 Å². The second-order valence-electron chi connectivity index (χ2n) is 6.24. The third kappa shape index (κ3) is 2.48. The molecule has 0 unspecified atom stereocenters. The fourth-order valence-electron chi connectivity index (χ4n) is 2.93. The van der Waals surface area contributed by atoms with Gasteiger partial charge < -0.3 is 9.73 Å². The molecule has 3 nitrogen and oxygen atoms in total. The number of rotatable bonds is 2. The molecule has 0 spiro atoms. The average molecular weight is 269 g/mol. The third-order valence-electron chi connectivity index (χ3n) is 3.89. The molecule has 0 radical (unpaired) electrons. The predicted octanol–water partition coefficient (Wildman–Crippen LogP) is 3.72. The first-order valence-electron chi connectivity index (χ1n) is 6.97. The van der Waals surface area contributed by atoms with E-state index in [0.29, 0.717) is 5.56 Å². The first-order chi connectivity index (χ1) is 9.55. The summed E-state index contributed by atoms with van der Waals surface area (Å²) in [5.74, 6) is 0.972. The fraction of sp³-hybridized carbons (Fsp3) is 0.353. The Morgan fingerprint density at radius 3 is 2.75 bits per heavy atom. The second-order valence-corrected chi connectivity index (χ2v) is 6.24. The monoisotopic (exact) mass is 269 g/mol. The Kier molecular flexibility index (Phi) is 3.13. The zero-order valence-electron chi connectivity index (χ0n) is 11.8. The van der Waals surface area contributed by atoms with Crippen LogP contribution >= 0.6 is 0 Å². The largest absolute Gasteiger partial charge is 0.469 e. The highest BCUT2D eigenvalue weighted by molar-refractivity contribution is 5.94. The molecule has 0 fully saturated rings. The Labute approximate surface area is 119 Å². The standard InChI is InChI=1S/C17H19NO2/c1-17(2)10-14(13-8-9-20-15(13)11-17)18-16(19)12-6-4-3-5-7-12/h3-9,14H,10-11H2,1-2H3,(H,18,19)/t14-/m1/s1. The number of fused-ring (bicyclic) bond motifs is 1. The van der Waals surface area contributed by atoms with E-state index in [0.717, 1.165) is 24.2 Å². The van der Waals surface area contributed by atoms with Crippen LogP contribution in [0.2, 0.25) is 0 Å². The smallest absolute Gasteiger partial charge is 0.251 e. The fourth-order valence-corrected chi connectivity index (χ4v) is 2.93. The van der Waals surface area contributed by atoms with Gasteiger partial charge in [-0.25, -0.2) is 0 Å². The number of amides is 1. The minimum absolute atomic E-state index is 0.0274. The van der Waals surface area contributed by atoms with E-state index in [9.17, 15) is 4.79 Å². The van der Waals surface area contributed by atoms with Gasteiger partial charge >= 0.3 is 0 Å². The molecule has 0 bridgehead atoms. The molecule has 1 atom stereocenters. The highest BCUT2D eigenvalue weighted by Gasteiger charge is 2.34. The molecule has 1 N–H and O–H groups in total. The van der Waals surface area contributed by atoms with Gasteiger partial charge in [0.05, 0.1) is 12.3 Å². The van der Waals surface area contributed by atoms with Gasteiger partial charge in [0.15, 0.2) is 0 Å². The van der Waals surface area contributed by atoms with Crippen LogP contribution < -0.4 is 5.32 Å². The number of hydrogen-bond donors (Lipinski definition) is 1. The highest BCUT2D eigenvalue weighted by atomic mass is 16.3. The van der Waals surface area contributed by atoms with E-state index in [1.165, 1.54) is 0 Å². The first kappa shape index (κ1) is 13.0. The Bertz CT molecular complexity index is 613. The summed E-state index contributed by atoms with van der Waals surface area (Å²) in [5, 5.41) is 3.13. The normalized spacial score (nSPS) is 20.2. The number of benzene rings is 1. The maximum atomic E-state index is 12.3. The molecule has 3 heteroatoms. The molecule has 104 valence electrons. The highest BCUT2D eigenvalue weighted by Crippen LogP contribution is 2.41. The van der Waals surface area contributed by atoms with Crippen LogP contribution in [-0.2, 0) is 6.42 Å². The molecule has 0 saturated heterocycles. The zero-order valence-corrected chi connectivity index (χ0v) is 11.8. The first-order valence-corrected chi connectivity index (χ1v) is 6.97. The molecule has 20 heavy (non-hydrogen) atoms. The molecule has 0 saturated carbocycles. The van der Waals surface area contributed by atoms with Crippen molar-refractivity contribution >= 4 is 5.91 Å². The van der Waals surface area contributed by atoms with Gasteiger partial charge in [0.2, 0.25) is 0 Å². The van der Waals surface area contributed by atoms with Crippen molar-refractivity contribution in [2.45, 2.75) is 32.7 Å². The summed E-state index contributed by atoms with van der Waals surface area (Å²) in [6, 6.07) is 11.3. The lowest BCUT2D eigenvalue weighted by atomic mass is 9.74. The topological polar surface area (TPSA) is 42.2 Å². The van der Waals surface area contributed by atoms with Gasteiger partial charge in [-0.05, 0) is 30.0 Å². The number of carbonyl (C=O) groups is 1. The van der Waals surface area contributed by atoms with Gasteiger partial charge in [0, 0.05) is 17.5 Å². The van der Waals surface area contributed by atoms with E-state index in [1.54, 1.807) is 6.26 Å². The molecule has 1 heterocycles. The number of hydrogen-bond acceptors (Lipinski definition) is 2. The summed E-state index contributed by atoms with van der Waals surface area (Å²) in [6.45, 7) is 4.42. The van der Waals surface area contributed by atoms with Gasteiger partial charge in [-0.3, -0.25) is 4.79 Å². The summed E-state index contributed by atoms with van der Waals surface area (Å²) in [5.41, 5.74) is 1.95. The molecule has 2 aromatic rings. The van der Waals surface area contributed by atoms with Crippen LogP contribution in [0.1, 0.15) is 48.0 Å². The van der Waals surface area contributed by atoms with Gasteiger partial charge in [-0.2, -0.15) is 0 Å². The molecular formula is C17H19NO2. The van der Waals surface area contributed by atoms with Crippen LogP contribution in [-0.4, -0.2) is 5.91 Å². The molecule has 1 aliphatic carbocycles. The maximum absolute atomic E-state index is 12.3. The van der Waals surface area contributed by atoms with Crippen molar-refractivity contribution in [2.75, 3.05) is 0 Å². The van der Waals surface area contributed by atoms with Crippen LogP contribution in [0, 0.1) is 5.41 Å². The summed E-state index contributed by atoms with van der Waals surface area (Å²) in [7, 11) is 0. The van der Waals surface area contributed by atoms with Crippen molar-refractivity contribution in [3.8, 4) is 0 Å².